The second-order valence-corrected chi connectivity index (χ2v) is 6.66. The summed E-state index contributed by atoms with van der Waals surface area (Å²) in [5.41, 5.74) is 4.02. The lowest BCUT2D eigenvalue weighted by atomic mass is 10.0. The van der Waals surface area contributed by atoms with Gasteiger partial charge in [-0.25, -0.2) is 4.98 Å². The number of fused-ring (bicyclic) bond motifs is 1. The van der Waals surface area contributed by atoms with Gasteiger partial charge in [0.15, 0.2) is 0 Å². The summed E-state index contributed by atoms with van der Waals surface area (Å²) >= 11 is 5.80. The van der Waals surface area contributed by atoms with Crippen LogP contribution in [0, 0.1) is 0 Å². The molecule has 1 amide bonds. The summed E-state index contributed by atoms with van der Waals surface area (Å²) < 4.78 is 0. The molecule has 1 aliphatic heterocycles. The summed E-state index contributed by atoms with van der Waals surface area (Å²) in [4.78, 5) is 22.7. The summed E-state index contributed by atoms with van der Waals surface area (Å²) in [6.07, 6.45) is 8.12. The number of carbonyl (C=O) groups is 1. The standard InChI is InChI=1S/C19H18ClN5O/c20-16-5-3-13(12-22-16)4-6-17(26)25-11-1-2-15-18(23-24-19(15)25)14-7-9-21-10-8-14/h3,5,7-10,12H,1-2,4,6,11H2,(H,23,24). The molecular formula is C19H18ClN5O. The molecule has 0 saturated heterocycles. The van der Waals surface area contributed by atoms with Gasteiger partial charge >= 0.3 is 0 Å². The lowest BCUT2D eigenvalue weighted by Crippen LogP contribution is -2.35. The van der Waals surface area contributed by atoms with Crippen LogP contribution in [-0.2, 0) is 17.6 Å². The predicted molar refractivity (Wildman–Crippen MR) is 100 cm³/mol. The van der Waals surface area contributed by atoms with Crippen LogP contribution in [0.15, 0.2) is 42.9 Å². The van der Waals surface area contributed by atoms with Gasteiger partial charge in [-0.2, -0.15) is 5.10 Å². The lowest BCUT2D eigenvalue weighted by molar-refractivity contribution is -0.118. The molecule has 7 heteroatoms. The van der Waals surface area contributed by atoms with Gasteiger partial charge in [-0.3, -0.25) is 19.8 Å². The van der Waals surface area contributed by atoms with Crippen LogP contribution in [0.5, 0.6) is 0 Å². The van der Waals surface area contributed by atoms with Crippen LogP contribution in [0.25, 0.3) is 11.3 Å². The van der Waals surface area contributed by atoms with Gasteiger partial charge in [0.1, 0.15) is 11.0 Å². The Hall–Kier alpha value is -2.73. The number of rotatable bonds is 4. The Morgan fingerprint density at radius 2 is 2.08 bits per heavy atom. The zero-order valence-corrected chi connectivity index (χ0v) is 14.9. The lowest BCUT2D eigenvalue weighted by Gasteiger charge is -2.26. The van der Waals surface area contributed by atoms with Crippen molar-refractivity contribution in [3.63, 3.8) is 0 Å². The highest BCUT2D eigenvalue weighted by Gasteiger charge is 2.27. The predicted octanol–water partition coefficient (Wildman–Crippen LogP) is 3.43. The van der Waals surface area contributed by atoms with Gasteiger partial charge in [0.05, 0.1) is 5.69 Å². The number of nitrogens with zero attached hydrogens (tertiary/aromatic N) is 4. The first-order valence-electron chi connectivity index (χ1n) is 8.61. The SMILES string of the molecule is O=C(CCc1ccc(Cl)nc1)N1CCCc2c(-c3ccncc3)n[nH]c21. The van der Waals surface area contributed by atoms with E-state index in [0.717, 1.165) is 41.0 Å². The van der Waals surface area contributed by atoms with E-state index in [1.807, 2.05) is 23.1 Å². The second kappa shape index (κ2) is 7.25. The van der Waals surface area contributed by atoms with Crippen LogP contribution in [0.4, 0.5) is 5.82 Å². The maximum Gasteiger partial charge on any atom is 0.228 e. The van der Waals surface area contributed by atoms with E-state index in [1.165, 1.54) is 0 Å². The Morgan fingerprint density at radius 1 is 1.23 bits per heavy atom. The highest BCUT2D eigenvalue weighted by molar-refractivity contribution is 6.29. The smallest absolute Gasteiger partial charge is 0.228 e. The third-order valence-corrected chi connectivity index (χ3v) is 4.82. The van der Waals surface area contributed by atoms with Gasteiger partial charge in [0.25, 0.3) is 0 Å². The maximum atomic E-state index is 12.8. The minimum atomic E-state index is 0.0887. The van der Waals surface area contributed by atoms with E-state index in [1.54, 1.807) is 24.7 Å². The van der Waals surface area contributed by atoms with Crippen LogP contribution in [-0.4, -0.2) is 32.6 Å². The number of anilines is 1. The minimum absolute atomic E-state index is 0.0887. The molecule has 1 aliphatic rings. The minimum Gasteiger partial charge on any atom is -0.297 e. The van der Waals surface area contributed by atoms with Crippen molar-refractivity contribution in [1.29, 1.82) is 0 Å². The normalized spacial score (nSPS) is 13.5. The van der Waals surface area contributed by atoms with Gasteiger partial charge in [-0.05, 0) is 43.0 Å². The van der Waals surface area contributed by atoms with Crippen LogP contribution in [0.1, 0.15) is 24.0 Å². The number of aryl methyl sites for hydroxylation is 1. The molecule has 3 aromatic heterocycles. The van der Waals surface area contributed by atoms with Gasteiger partial charge in [-0.15, -0.1) is 0 Å². The van der Waals surface area contributed by atoms with E-state index >= 15 is 0 Å². The third-order valence-electron chi connectivity index (χ3n) is 4.59. The van der Waals surface area contributed by atoms with E-state index in [-0.39, 0.29) is 5.91 Å². The van der Waals surface area contributed by atoms with Crippen LogP contribution < -0.4 is 4.90 Å². The number of H-pyrrole nitrogens is 1. The fourth-order valence-corrected chi connectivity index (χ4v) is 3.39. The second-order valence-electron chi connectivity index (χ2n) is 6.27. The molecule has 4 rings (SSSR count). The monoisotopic (exact) mass is 367 g/mol. The third kappa shape index (κ3) is 3.32. The molecule has 0 saturated carbocycles. The van der Waals surface area contributed by atoms with Crippen molar-refractivity contribution >= 4 is 23.3 Å². The van der Waals surface area contributed by atoms with Gasteiger partial charge in [0, 0.05) is 42.7 Å². The number of aromatic amines is 1. The number of amides is 1. The summed E-state index contributed by atoms with van der Waals surface area (Å²) in [6, 6.07) is 7.52. The average molecular weight is 368 g/mol. The first kappa shape index (κ1) is 16.7. The number of halogens is 1. The molecule has 0 aliphatic carbocycles. The fraction of sp³-hybridized carbons (Fsp3) is 0.263. The number of nitrogens with one attached hydrogen (secondary N) is 1. The zero-order valence-electron chi connectivity index (χ0n) is 14.2. The molecule has 1 N–H and O–H groups in total. The van der Waals surface area contributed by atoms with Crippen molar-refractivity contribution in [2.24, 2.45) is 0 Å². The fourth-order valence-electron chi connectivity index (χ4n) is 3.28. The number of aromatic nitrogens is 4. The molecule has 3 aromatic rings. The molecule has 0 fully saturated rings. The Kier molecular flexibility index (Phi) is 4.67. The van der Waals surface area contributed by atoms with E-state index in [4.69, 9.17) is 11.6 Å². The van der Waals surface area contributed by atoms with Crippen LogP contribution in [0.2, 0.25) is 5.15 Å². The van der Waals surface area contributed by atoms with Crippen molar-refractivity contribution in [2.75, 3.05) is 11.4 Å². The Bertz CT molecular complexity index is 907. The molecular weight excluding hydrogens is 350 g/mol. The Labute approximate surface area is 156 Å². The zero-order chi connectivity index (χ0) is 17.9. The molecule has 0 spiro atoms. The molecule has 0 bridgehead atoms. The van der Waals surface area contributed by atoms with Gasteiger partial charge < -0.3 is 0 Å². The summed E-state index contributed by atoms with van der Waals surface area (Å²) in [5.74, 6) is 0.910. The number of hydrogen-bond donors (Lipinski definition) is 1. The highest BCUT2D eigenvalue weighted by Crippen LogP contribution is 2.33. The summed E-state index contributed by atoms with van der Waals surface area (Å²) in [5, 5.41) is 7.98. The van der Waals surface area contributed by atoms with Crippen molar-refractivity contribution in [3.8, 4) is 11.3 Å². The molecule has 6 nitrogen and oxygen atoms in total. The molecule has 0 unspecified atom stereocenters. The Balaban J connectivity index is 1.51. The van der Waals surface area contributed by atoms with Crippen molar-refractivity contribution in [3.05, 3.63) is 59.1 Å². The molecule has 132 valence electrons. The maximum absolute atomic E-state index is 12.8. The van der Waals surface area contributed by atoms with Gasteiger partial charge in [-0.1, -0.05) is 17.7 Å². The molecule has 0 atom stereocenters. The van der Waals surface area contributed by atoms with Crippen molar-refractivity contribution in [1.82, 2.24) is 20.2 Å². The van der Waals surface area contributed by atoms with Crippen molar-refractivity contribution < 1.29 is 4.79 Å². The van der Waals surface area contributed by atoms with Crippen LogP contribution >= 0.6 is 11.6 Å². The van der Waals surface area contributed by atoms with Gasteiger partial charge in [0.2, 0.25) is 5.91 Å². The van der Waals surface area contributed by atoms with E-state index in [0.29, 0.717) is 24.5 Å². The molecule has 26 heavy (non-hydrogen) atoms. The van der Waals surface area contributed by atoms with E-state index in [9.17, 15) is 4.79 Å². The van der Waals surface area contributed by atoms with Crippen molar-refractivity contribution in [2.45, 2.75) is 25.7 Å². The summed E-state index contributed by atoms with van der Waals surface area (Å²) in [7, 11) is 0. The number of carbonyl (C=O) groups excluding carboxylic acids is 1. The number of hydrogen-bond acceptors (Lipinski definition) is 4. The molecule has 0 radical (unpaired) electrons. The largest absolute Gasteiger partial charge is 0.297 e. The quantitative estimate of drug-likeness (QED) is 0.717. The van der Waals surface area contributed by atoms with Crippen LogP contribution in [0.3, 0.4) is 0 Å². The first-order valence-corrected chi connectivity index (χ1v) is 8.98. The summed E-state index contributed by atoms with van der Waals surface area (Å²) in [6.45, 7) is 0.711. The average Bonchev–Trinajstić information content (AvgIpc) is 3.12. The molecule has 0 aromatic carbocycles. The Morgan fingerprint density at radius 3 is 2.85 bits per heavy atom. The first-order chi connectivity index (χ1) is 12.7. The topological polar surface area (TPSA) is 74.8 Å². The highest BCUT2D eigenvalue weighted by atomic mass is 35.5. The van der Waals surface area contributed by atoms with E-state index < -0.39 is 0 Å². The molecule has 4 heterocycles. The number of pyridine rings is 2. The van der Waals surface area contributed by atoms with E-state index in [2.05, 4.69) is 20.2 Å².